The number of anilines is 2. The van der Waals surface area contributed by atoms with Gasteiger partial charge in [-0.3, -0.25) is 14.4 Å². The van der Waals surface area contributed by atoms with Crippen LogP contribution in [-0.4, -0.2) is 73.3 Å². The summed E-state index contributed by atoms with van der Waals surface area (Å²) in [7, 11) is 5.27. The molecule has 3 rings (SSSR count). The van der Waals surface area contributed by atoms with E-state index in [2.05, 4.69) is 0 Å². The summed E-state index contributed by atoms with van der Waals surface area (Å²) in [6.07, 6.45) is 2.73. The van der Waals surface area contributed by atoms with Crippen LogP contribution in [0.1, 0.15) is 12.8 Å². The second kappa shape index (κ2) is 7.23. The molecule has 9 nitrogen and oxygen atoms in total. The highest BCUT2D eigenvalue weighted by molar-refractivity contribution is 6.31. The lowest BCUT2D eigenvalue weighted by Crippen LogP contribution is -2.61. The van der Waals surface area contributed by atoms with Crippen LogP contribution in [0.4, 0.5) is 16.2 Å². The molecule has 2 saturated heterocycles. The van der Waals surface area contributed by atoms with Crippen molar-refractivity contribution >= 4 is 35.1 Å². The number of piperidine rings is 1. The molecule has 1 atom stereocenters. The maximum atomic E-state index is 13.0. The van der Waals surface area contributed by atoms with Gasteiger partial charge in [0.25, 0.3) is 11.8 Å². The van der Waals surface area contributed by atoms with Crippen molar-refractivity contribution in [3.05, 3.63) is 30.7 Å². The van der Waals surface area contributed by atoms with Crippen LogP contribution >= 0.6 is 0 Å². The second-order valence-electron chi connectivity index (χ2n) is 7.26. The predicted octanol–water partition coefficient (Wildman–Crippen LogP) is 0.202. The Kier molecular flexibility index (Phi) is 5.12. The molecule has 28 heavy (non-hydrogen) atoms. The van der Waals surface area contributed by atoms with Crippen molar-refractivity contribution in [2.45, 2.75) is 18.4 Å². The molecule has 5 amide bonds. The van der Waals surface area contributed by atoms with Crippen LogP contribution in [0.2, 0.25) is 0 Å². The summed E-state index contributed by atoms with van der Waals surface area (Å²) < 4.78 is 0. The molecule has 2 aliphatic rings. The Hall–Kier alpha value is -2.94. The maximum Gasteiger partial charge on any atom is 0.332 e. The first-order valence-electron chi connectivity index (χ1n) is 9.02. The highest BCUT2D eigenvalue weighted by atomic mass is 16.2. The van der Waals surface area contributed by atoms with Gasteiger partial charge < -0.3 is 20.4 Å². The molecule has 0 unspecified atom stereocenters. The zero-order chi connectivity index (χ0) is 20.6. The largest absolute Gasteiger partial charge is 0.367 e. The summed E-state index contributed by atoms with van der Waals surface area (Å²) in [5.74, 6) is -1.60. The third-order valence-corrected chi connectivity index (χ3v) is 5.10. The van der Waals surface area contributed by atoms with Crippen molar-refractivity contribution in [3.63, 3.8) is 0 Å². The number of rotatable bonds is 5. The molecule has 2 N–H and O–H groups in total. The summed E-state index contributed by atoms with van der Waals surface area (Å²) in [4.78, 5) is 55.6. The number of carbonyl (C=O) groups excluding carboxylic acids is 4. The first-order valence-corrected chi connectivity index (χ1v) is 9.02. The Morgan fingerprint density at radius 1 is 1.14 bits per heavy atom. The van der Waals surface area contributed by atoms with Crippen molar-refractivity contribution in [2.75, 3.05) is 44.0 Å². The number of nitrogens with two attached hydrogens (primary N) is 1. The Bertz CT molecular complexity index is 822. The van der Waals surface area contributed by atoms with Crippen LogP contribution in [-0.2, 0) is 14.4 Å². The van der Waals surface area contributed by atoms with Gasteiger partial charge in [-0.2, -0.15) is 0 Å². The molecule has 0 saturated carbocycles. The Morgan fingerprint density at radius 2 is 1.79 bits per heavy atom. The number of nitrogens with zero attached hydrogens (tertiary/aromatic N) is 4. The third-order valence-electron chi connectivity index (χ3n) is 5.10. The van der Waals surface area contributed by atoms with Crippen LogP contribution in [0, 0.1) is 6.42 Å². The first-order chi connectivity index (χ1) is 13.2. The van der Waals surface area contributed by atoms with Crippen LogP contribution in [0.25, 0.3) is 0 Å². The maximum absolute atomic E-state index is 13.0. The highest BCUT2D eigenvalue weighted by Gasteiger charge is 2.62. The standard InChI is InChI=1S/C19H24N5O4/c1-21(2)12-15(25)22(3)13-6-8-14(9-7-13)24-17(27)19(16(20)26)10-4-5-11-23(19)18(24)28/h6-10H,4-5,11-12H2,1-3H3,(H2,20,26)/t19-/m0/s1. The molecular weight excluding hydrogens is 362 g/mol. The average Bonchev–Trinajstić information content (AvgIpc) is 2.89. The Morgan fingerprint density at radius 3 is 2.32 bits per heavy atom. The van der Waals surface area contributed by atoms with Crippen molar-refractivity contribution in [3.8, 4) is 0 Å². The lowest BCUT2D eigenvalue weighted by Gasteiger charge is -2.35. The van der Waals surface area contributed by atoms with Gasteiger partial charge in [-0.15, -0.1) is 0 Å². The van der Waals surface area contributed by atoms with Crippen LogP contribution in [0.3, 0.4) is 0 Å². The summed E-state index contributed by atoms with van der Waals surface area (Å²) in [5, 5.41) is 0. The topological polar surface area (TPSA) is 107 Å². The minimum Gasteiger partial charge on any atom is -0.367 e. The zero-order valence-electron chi connectivity index (χ0n) is 16.2. The minimum absolute atomic E-state index is 0.0921. The van der Waals surface area contributed by atoms with E-state index in [0.717, 1.165) is 4.90 Å². The van der Waals surface area contributed by atoms with Crippen molar-refractivity contribution in [1.82, 2.24) is 9.80 Å². The summed E-state index contributed by atoms with van der Waals surface area (Å²) >= 11 is 0. The lowest BCUT2D eigenvalue weighted by atomic mass is 9.86. The first kappa shape index (κ1) is 19.8. The third kappa shape index (κ3) is 3.01. The molecule has 9 heteroatoms. The van der Waals surface area contributed by atoms with Gasteiger partial charge in [0.1, 0.15) is 0 Å². The summed E-state index contributed by atoms with van der Waals surface area (Å²) in [5.41, 5.74) is 4.75. The average molecular weight is 386 g/mol. The fraction of sp³-hybridized carbons (Fsp3) is 0.421. The molecule has 149 valence electrons. The van der Waals surface area contributed by atoms with E-state index in [1.165, 1.54) is 16.2 Å². The minimum atomic E-state index is -1.72. The Labute approximate surface area is 163 Å². The zero-order valence-corrected chi connectivity index (χ0v) is 16.2. The van der Waals surface area contributed by atoms with Gasteiger partial charge in [0, 0.05) is 25.7 Å². The fourth-order valence-electron chi connectivity index (χ4n) is 3.59. The molecule has 2 aliphatic heterocycles. The number of likely N-dealkylation sites (N-methyl/N-ethyl adjacent to an activating group) is 2. The molecular formula is C19H24N5O4. The molecule has 2 fully saturated rings. The van der Waals surface area contributed by atoms with Gasteiger partial charge in [-0.05, 0) is 51.2 Å². The molecule has 0 spiro atoms. The molecule has 0 bridgehead atoms. The molecule has 1 aromatic rings. The van der Waals surface area contributed by atoms with E-state index in [1.54, 1.807) is 50.3 Å². The van der Waals surface area contributed by atoms with Gasteiger partial charge in [-0.25, -0.2) is 9.69 Å². The summed E-state index contributed by atoms with van der Waals surface area (Å²) in [6, 6.07) is 5.91. The van der Waals surface area contributed by atoms with E-state index >= 15 is 0 Å². The SMILES string of the molecule is CN(C)CC(=O)N(C)c1ccc(N2C(=O)N3CCC[CH][C@]3(C(N)=O)C2=O)cc1. The number of carbonyl (C=O) groups is 4. The van der Waals surface area contributed by atoms with Gasteiger partial charge in [0.15, 0.2) is 0 Å². The number of primary amides is 1. The number of fused-ring (bicyclic) bond motifs is 1. The predicted molar refractivity (Wildman–Crippen MR) is 103 cm³/mol. The van der Waals surface area contributed by atoms with Gasteiger partial charge in [0.2, 0.25) is 11.4 Å². The van der Waals surface area contributed by atoms with Gasteiger partial charge in [0.05, 0.1) is 12.2 Å². The number of hydrogen-bond acceptors (Lipinski definition) is 5. The molecule has 0 aliphatic carbocycles. The van der Waals surface area contributed by atoms with Crippen molar-refractivity contribution < 1.29 is 19.2 Å². The summed E-state index contributed by atoms with van der Waals surface area (Å²) in [6.45, 7) is 0.549. The van der Waals surface area contributed by atoms with E-state index < -0.39 is 23.4 Å². The normalized spacial score (nSPS) is 21.9. The molecule has 1 aromatic carbocycles. The van der Waals surface area contributed by atoms with E-state index in [-0.39, 0.29) is 12.5 Å². The monoisotopic (exact) mass is 386 g/mol. The highest BCUT2D eigenvalue weighted by Crippen LogP contribution is 2.38. The lowest BCUT2D eigenvalue weighted by molar-refractivity contribution is -0.136. The quantitative estimate of drug-likeness (QED) is 0.575. The number of hydrogen-bond donors (Lipinski definition) is 1. The molecule has 2 heterocycles. The van der Waals surface area contributed by atoms with Crippen LogP contribution in [0.5, 0.6) is 0 Å². The second-order valence-corrected chi connectivity index (χ2v) is 7.26. The molecule has 1 radical (unpaired) electrons. The fourth-order valence-corrected chi connectivity index (χ4v) is 3.59. The van der Waals surface area contributed by atoms with Gasteiger partial charge >= 0.3 is 6.03 Å². The van der Waals surface area contributed by atoms with Crippen molar-refractivity contribution in [2.24, 2.45) is 5.73 Å². The van der Waals surface area contributed by atoms with E-state index in [9.17, 15) is 19.2 Å². The number of benzene rings is 1. The van der Waals surface area contributed by atoms with Crippen LogP contribution < -0.4 is 15.5 Å². The number of urea groups is 1. The van der Waals surface area contributed by atoms with Gasteiger partial charge in [-0.1, -0.05) is 0 Å². The van der Waals surface area contributed by atoms with Crippen molar-refractivity contribution in [1.29, 1.82) is 0 Å². The van der Waals surface area contributed by atoms with E-state index in [0.29, 0.717) is 30.8 Å². The number of amides is 5. The van der Waals surface area contributed by atoms with E-state index in [1.807, 2.05) is 0 Å². The molecule has 0 aromatic heterocycles. The Balaban J connectivity index is 1.88. The van der Waals surface area contributed by atoms with E-state index in [4.69, 9.17) is 5.73 Å². The number of imide groups is 1. The van der Waals surface area contributed by atoms with Crippen LogP contribution in [0.15, 0.2) is 24.3 Å². The smallest absolute Gasteiger partial charge is 0.332 e.